The number of nitrogens with two attached hydrogens (primary N) is 1. The van der Waals surface area contributed by atoms with Crippen molar-refractivity contribution in [2.45, 2.75) is 52.1 Å². The van der Waals surface area contributed by atoms with Crippen molar-refractivity contribution in [2.75, 3.05) is 13.1 Å². The fourth-order valence-electron chi connectivity index (χ4n) is 2.01. The lowest BCUT2D eigenvalue weighted by Crippen LogP contribution is -2.56. The molecule has 4 nitrogen and oxygen atoms in total. The number of carbonyl (C=O) groups is 1. The first-order valence-corrected chi connectivity index (χ1v) is 5.48. The molecule has 1 heterocycles. The molecule has 1 fully saturated rings. The number of hydrogen-bond acceptors (Lipinski definition) is 3. The minimum atomic E-state index is -0.270. The fraction of sp³-hybridized carbons (Fsp3) is 0.909. The van der Waals surface area contributed by atoms with Gasteiger partial charge in [0, 0.05) is 25.0 Å². The van der Waals surface area contributed by atoms with E-state index in [-0.39, 0.29) is 17.0 Å². The van der Waals surface area contributed by atoms with Crippen LogP contribution in [0.15, 0.2) is 0 Å². The van der Waals surface area contributed by atoms with Crippen LogP contribution in [0.3, 0.4) is 0 Å². The molecule has 0 saturated carbocycles. The van der Waals surface area contributed by atoms with Gasteiger partial charge in [0.25, 0.3) is 0 Å². The van der Waals surface area contributed by atoms with Crippen molar-refractivity contribution in [1.82, 2.24) is 10.0 Å². The summed E-state index contributed by atoms with van der Waals surface area (Å²) in [6.07, 6.45) is 0.605. The van der Waals surface area contributed by atoms with Crippen LogP contribution in [-0.4, -0.2) is 40.1 Å². The second-order valence-electron chi connectivity index (χ2n) is 6.00. The molecule has 15 heavy (non-hydrogen) atoms. The summed E-state index contributed by atoms with van der Waals surface area (Å²) in [7, 11) is 0. The van der Waals surface area contributed by atoms with Crippen LogP contribution in [0.2, 0.25) is 0 Å². The van der Waals surface area contributed by atoms with Crippen molar-refractivity contribution >= 4 is 5.91 Å². The lowest BCUT2D eigenvalue weighted by molar-refractivity contribution is -0.149. The summed E-state index contributed by atoms with van der Waals surface area (Å²) >= 11 is 0. The van der Waals surface area contributed by atoms with Crippen molar-refractivity contribution < 1.29 is 4.79 Å². The van der Waals surface area contributed by atoms with Crippen LogP contribution in [-0.2, 0) is 4.79 Å². The Bertz CT molecular complexity index is 250. The van der Waals surface area contributed by atoms with E-state index in [2.05, 4.69) is 5.01 Å². The van der Waals surface area contributed by atoms with E-state index in [9.17, 15) is 4.79 Å². The Labute approximate surface area is 92.4 Å². The fourth-order valence-corrected chi connectivity index (χ4v) is 2.01. The predicted molar refractivity (Wildman–Crippen MR) is 61.1 cm³/mol. The van der Waals surface area contributed by atoms with Gasteiger partial charge in [0.2, 0.25) is 5.91 Å². The Morgan fingerprint density at radius 1 is 1.27 bits per heavy atom. The van der Waals surface area contributed by atoms with E-state index in [1.54, 1.807) is 0 Å². The molecule has 0 atom stereocenters. The first kappa shape index (κ1) is 12.5. The third kappa shape index (κ3) is 3.18. The number of hydrogen-bond donors (Lipinski definition) is 1. The highest BCUT2D eigenvalue weighted by molar-refractivity contribution is 5.78. The molecule has 0 unspecified atom stereocenters. The van der Waals surface area contributed by atoms with Crippen molar-refractivity contribution in [1.29, 1.82) is 0 Å². The Morgan fingerprint density at radius 2 is 1.80 bits per heavy atom. The van der Waals surface area contributed by atoms with Crippen LogP contribution in [0.5, 0.6) is 0 Å². The zero-order valence-electron chi connectivity index (χ0n) is 10.5. The summed E-state index contributed by atoms with van der Waals surface area (Å²) in [5.41, 5.74) is 5.56. The van der Waals surface area contributed by atoms with Gasteiger partial charge in [-0.2, -0.15) is 0 Å². The van der Waals surface area contributed by atoms with E-state index in [4.69, 9.17) is 5.73 Å². The van der Waals surface area contributed by atoms with Crippen molar-refractivity contribution in [3.8, 4) is 0 Å². The van der Waals surface area contributed by atoms with Crippen LogP contribution in [0, 0.1) is 0 Å². The number of amides is 1. The second-order valence-corrected chi connectivity index (χ2v) is 6.00. The molecule has 1 aliphatic rings. The third-order valence-electron chi connectivity index (χ3n) is 2.33. The molecule has 1 aliphatic heterocycles. The Morgan fingerprint density at radius 3 is 2.20 bits per heavy atom. The molecule has 88 valence electrons. The Kier molecular flexibility index (Phi) is 3.12. The highest BCUT2D eigenvalue weighted by atomic mass is 16.2. The van der Waals surface area contributed by atoms with Crippen LogP contribution < -0.4 is 5.73 Å². The van der Waals surface area contributed by atoms with E-state index < -0.39 is 0 Å². The zero-order chi connectivity index (χ0) is 11.9. The van der Waals surface area contributed by atoms with Crippen LogP contribution >= 0.6 is 0 Å². The zero-order valence-corrected chi connectivity index (χ0v) is 10.5. The summed E-state index contributed by atoms with van der Waals surface area (Å²) in [6.45, 7) is 11.6. The molecule has 0 aromatic rings. The Balaban J connectivity index is 2.78. The van der Waals surface area contributed by atoms with Gasteiger partial charge in [0.1, 0.15) is 0 Å². The molecule has 0 spiro atoms. The lowest BCUT2D eigenvalue weighted by atomic mass is 10.1. The lowest BCUT2D eigenvalue weighted by Gasteiger charge is -2.41. The summed E-state index contributed by atoms with van der Waals surface area (Å²) in [5.74, 6) is 0.201. The minimum absolute atomic E-state index is 0.154. The van der Waals surface area contributed by atoms with Gasteiger partial charge < -0.3 is 5.73 Å². The van der Waals surface area contributed by atoms with Crippen LogP contribution in [0.25, 0.3) is 0 Å². The van der Waals surface area contributed by atoms with Gasteiger partial charge in [-0.1, -0.05) is 0 Å². The standard InChI is InChI=1S/C11H23N3O/c1-10(2,3)14-9(15)6-7-13(14)8-11(4,5)12/h6-8,12H2,1-5H3. The maximum atomic E-state index is 11.8. The van der Waals surface area contributed by atoms with Gasteiger partial charge in [-0.3, -0.25) is 9.80 Å². The first-order chi connectivity index (χ1) is 6.61. The van der Waals surface area contributed by atoms with E-state index in [1.807, 2.05) is 39.6 Å². The molecule has 1 saturated heterocycles. The monoisotopic (exact) mass is 213 g/mol. The third-order valence-corrected chi connectivity index (χ3v) is 2.33. The topological polar surface area (TPSA) is 49.6 Å². The summed E-state index contributed by atoms with van der Waals surface area (Å²) in [5, 5.41) is 3.92. The maximum Gasteiger partial charge on any atom is 0.238 e. The average Bonchev–Trinajstić information content (AvgIpc) is 2.25. The second kappa shape index (κ2) is 3.76. The molecule has 0 radical (unpaired) electrons. The van der Waals surface area contributed by atoms with Gasteiger partial charge in [0.15, 0.2) is 0 Å². The molecular formula is C11H23N3O. The maximum absolute atomic E-state index is 11.8. The molecule has 0 aromatic heterocycles. The highest BCUT2D eigenvalue weighted by Crippen LogP contribution is 2.24. The van der Waals surface area contributed by atoms with E-state index in [0.717, 1.165) is 13.1 Å². The molecule has 4 heteroatoms. The average molecular weight is 213 g/mol. The number of nitrogens with zero attached hydrogens (tertiary/aromatic N) is 2. The first-order valence-electron chi connectivity index (χ1n) is 5.48. The van der Waals surface area contributed by atoms with Crippen molar-refractivity contribution in [3.05, 3.63) is 0 Å². The number of hydrazine groups is 1. The van der Waals surface area contributed by atoms with Gasteiger partial charge in [0.05, 0.1) is 5.54 Å². The number of rotatable bonds is 2. The molecular weight excluding hydrogens is 190 g/mol. The summed E-state index contributed by atoms with van der Waals surface area (Å²) in [4.78, 5) is 11.8. The van der Waals surface area contributed by atoms with E-state index in [0.29, 0.717) is 6.42 Å². The van der Waals surface area contributed by atoms with Gasteiger partial charge in [-0.05, 0) is 34.6 Å². The smallest absolute Gasteiger partial charge is 0.238 e. The summed E-state index contributed by atoms with van der Waals surface area (Å²) in [6, 6.07) is 0. The SMILES string of the molecule is CC(C)(N)CN1CCC(=O)N1C(C)(C)C. The Hall–Kier alpha value is -0.610. The molecule has 1 amide bonds. The van der Waals surface area contributed by atoms with Gasteiger partial charge in [-0.15, -0.1) is 0 Å². The molecule has 0 aliphatic carbocycles. The molecule has 0 aromatic carbocycles. The highest BCUT2D eigenvalue weighted by Gasteiger charge is 2.38. The molecule has 2 N–H and O–H groups in total. The normalized spacial score (nSPS) is 20.1. The minimum Gasteiger partial charge on any atom is -0.324 e. The quantitative estimate of drug-likeness (QED) is 0.743. The van der Waals surface area contributed by atoms with Crippen LogP contribution in [0.1, 0.15) is 41.0 Å². The largest absolute Gasteiger partial charge is 0.324 e. The van der Waals surface area contributed by atoms with E-state index in [1.165, 1.54) is 0 Å². The van der Waals surface area contributed by atoms with E-state index >= 15 is 0 Å². The molecule has 1 rings (SSSR count). The number of carbonyl (C=O) groups excluding carboxylic acids is 1. The van der Waals surface area contributed by atoms with Crippen molar-refractivity contribution in [3.63, 3.8) is 0 Å². The molecule has 0 bridgehead atoms. The van der Waals surface area contributed by atoms with Crippen molar-refractivity contribution in [2.24, 2.45) is 5.73 Å². The van der Waals surface area contributed by atoms with Gasteiger partial charge >= 0.3 is 0 Å². The van der Waals surface area contributed by atoms with Crippen LogP contribution in [0.4, 0.5) is 0 Å². The summed E-state index contributed by atoms with van der Waals surface area (Å²) < 4.78 is 0. The van der Waals surface area contributed by atoms with Gasteiger partial charge in [-0.25, -0.2) is 5.01 Å². The predicted octanol–water partition coefficient (Wildman–Crippen LogP) is 0.971.